The van der Waals surface area contributed by atoms with Crippen molar-refractivity contribution < 1.29 is 31.4 Å². The molecule has 0 bridgehead atoms. The topological polar surface area (TPSA) is 190 Å². The van der Waals surface area contributed by atoms with Gasteiger partial charge in [-0.05, 0) is 78.2 Å². The molecule has 3 aromatic rings. The first-order valence-corrected chi connectivity index (χ1v) is 14.8. The second-order valence-electron chi connectivity index (χ2n) is 8.80. The van der Waals surface area contributed by atoms with E-state index in [4.69, 9.17) is 10.3 Å². The van der Waals surface area contributed by atoms with Crippen LogP contribution in [0.2, 0.25) is 0 Å². The molecule has 3 aromatic carbocycles. The summed E-state index contributed by atoms with van der Waals surface area (Å²) in [5, 5.41) is 11.7. The van der Waals surface area contributed by atoms with Crippen molar-refractivity contribution in [1.82, 2.24) is 3.71 Å². The van der Waals surface area contributed by atoms with Crippen molar-refractivity contribution in [3.63, 3.8) is 0 Å². The highest BCUT2D eigenvalue weighted by molar-refractivity contribution is 7.99. The number of nitrogens with zero attached hydrogens (tertiary/aromatic N) is 7. The fraction of sp³-hybridized carbons (Fsp3) is 0.269. The molecule has 222 valence electrons. The summed E-state index contributed by atoms with van der Waals surface area (Å²) in [7, 11) is 0.611. The van der Waals surface area contributed by atoms with Crippen LogP contribution < -0.4 is 4.90 Å². The number of hydrogen-bond donors (Lipinski definition) is 0. The Labute approximate surface area is 245 Å². The van der Waals surface area contributed by atoms with Crippen molar-refractivity contribution in [2.24, 2.45) is 15.3 Å². The molecule has 0 aliphatic rings. The Kier molecular flexibility index (Phi) is 11.7. The molecule has 2 atom stereocenters. The highest BCUT2D eigenvalue weighted by Crippen LogP contribution is 2.24. The normalized spacial score (nSPS) is 13.0. The van der Waals surface area contributed by atoms with Crippen LogP contribution >= 0.6 is 0 Å². The van der Waals surface area contributed by atoms with Crippen LogP contribution in [-0.4, -0.2) is 60.8 Å². The van der Waals surface area contributed by atoms with Crippen LogP contribution in [0.15, 0.2) is 93.0 Å². The molecule has 2 unspecified atom stereocenters. The van der Waals surface area contributed by atoms with E-state index in [1.165, 1.54) is 43.5 Å². The number of azide groups is 1. The minimum Gasteiger partial charge on any atom is -0.759 e. The first-order chi connectivity index (χ1) is 20.0. The largest absolute Gasteiger partial charge is 0.759 e. The van der Waals surface area contributed by atoms with Gasteiger partial charge in [-0.15, -0.1) is 3.71 Å². The summed E-state index contributed by atoms with van der Waals surface area (Å²) in [5.74, 6) is -0.508. The zero-order chi connectivity index (χ0) is 30.7. The molecule has 0 saturated heterocycles. The number of anilines is 1. The van der Waals surface area contributed by atoms with E-state index in [9.17, 15) is 22.0 Å². The molecule has 0 spiro atoms. The van der Waals surface area contributed by atoms with Crippen LogP contribution in [0.1, 0.15) is 22.3 Å². The average molecular weight is 615 g/mol. The van der Waals surface area contributed by atoms with Crippen LogP contribution in [0.25, 0.3) is 10.4 Å². The number of ether oxygens (including phenoxy) is 2. The van der Waals surface area contributed by atoms with Gasteiger partial charge in [0.05, 0.1) is 35.6 Å². The molecule has 0 fully saturated rings. The summed E-state index contributed by atoms with van der Waals surface area (Å²) in [4.78, 5) is 15.9. The molecule has 14 nitrogen and oxygen atoms in total. The van der Waals surface area contributed by atoms with Gasteiger partial charge >= 0.3 is 5.97 Å². The number of carbonyl (C=O) groups excluding carboxylic acids is 1. The number of azo groups is 1. The summed E-state index contributed by atoms with van der Waals surface area (Å²) in [6.07, 6.45) is -1.43. The van der Waals surface area contributed by atoms with E-state index in [2.05, 4.69) is 25.0 Å². The van der Waals surface area contributed by atoms with Gasteiger partial charge in [-0.25, -0.2) is 13.2 Å². The van der Waals surface area contributed by atoms with Crippen molar-refractivity contribution in [3.8, 4) is 0 Å². The van der Waals surface area contributed by atoms with E-state index >= 15 is 0 Å². The fourth-order valence-corrected chi connectivity index (χ4v) is 5.72. The van der Waals surface area contributed by atoms with Gasteiger partial charge < -0.3 is 18.9 Å². The van der Waals surface area contributed by atoms with Crippen molar-refractivity contribution in [1.29, 1.82) is 0 Å². The number of sulfonamides is 1. The fourth-order valence-electron chi connectivity index (χ4n) is 3.51. The predicted molar refractivity (Wildman–Crippen MR) is 154 cm³/mol. The lowest BCUT2D eigenvalue weighted by atomic mass is 10.1. The maximum atomic E-state index is 13.1. The minimum atomic E-state index is -4.48. The molecule has 0 amide bonds. The van der Waals surface area contributed by atoms with E-state index in [0.717, 1.165) is 5.69 Å². The van der Waals surface area contributed by atoms with E-state index < -0.39 is 40.0 Å². The zero-order valence-corrected chi connectivity index (χ0v) is 24.6. The lowest BCUT2D eigenvalue weighted by Crippen LogP contribution is -2.35. The third-order valence-electron chi connectivity index (χ3n) is 5.77. The summed E-state index contributed by atoms with van der Waals surface area (Å²) < 4.78 is 60.5. The summed E-state index contributed by atoms with van der Waals surface area (Å²) in [5.41, 5.74) is 11.8. The lowest BCUT2D eigenvalue weighted by molar-refractivity contribution is 0.0387. The molecular formula is C26H28N7O7S2-. The molecular weight excluding hydrogens is 586 g/mol. The third-order valence-corrected chi connectivity index (χ3v) is 8.83. The maximum absolute atomic E-state index is 13.1. The Balaban J connectivity index is 1.65. The summed E-state index contributed by atoms with van der Waals surface area (Å²) in [6.45, 7) is -0.595. The van der Waals surface area contributed by atoms with Crippen LogP contribution in [0.5, 0.6) is 0 Å². The van der Waals surface area contributed by atoms with Gasteiger partial charge in [0.2, 0.25) is 0 Å². The lowest BCUT2D eigenvalue weighted by Gasteiger charge is -2.25. The third kappa shape index (κ3) is 8.91. The number of hydrogen-bond acceptors (Lipinski definition) is 11. The van der Waals surface area contributed by atoms with Crippen molar-refractivity contribution in [2.75, 3.05) is 32.6 Å². The summed E-state index contributed by atoms with van der Waals surface area (Å²) in [6, 6.07) is 18.8. The highest BCUT2D eigenvalue weighted by atomic mass is 32.3. The van der Waals surface area contributed by atoms with Gasteiger partial charge in [0.1, 0.15) is 6.23 Å². The quantitative estimate of drug-likeness (QED) is 0.0798. The summed E-state index contributed by atoms with van der Waals surface area (Å²) >= 11 is -3.17. The highest BCUT2D eigenvalue weighted by Gasteiger charge is 2.26. The van der Waals surface area contributed by atoms with Crippen LogP contribution in [0.4, 0.5) is 17.1 Å². The first-order valence-electron chi connectivity index (χ1n) is 12.3. The molecule has 0 radical (unpaired) electrons. The van der Waals surface area contributed by atoms with E-state index in [-0.39, 0.29) is 21.6 Å². The molecule has 3 rings (SSSR count). The molecule has 0 heterocycles. The van der Waals surface area contributed by atoms with Crippen LogP contribution in [0, 0.1) is 0 Å². The van der Waals surface area contributed by atoms with Crippen molar-refractivity contribution in [2.45, 2.75) is 24.2 Å². The average Bonchev–Trinajstić information content (AvgIpc) is 2.98. The number of carbonyl (C=O) groups is 1. The second kappa shape index (κ2) is 15.2. The Morgan fingerprint density at radius 1 is 1.00 bits per heavy atom. The Bertz CT molecular complexity index is 1560. The SMILES string of the molecule is COC(=O)c1ccc(COC(CCN(S(=O)[O-])S(=O)(=O)c2ccc(N=Nc3ccc(N(C)C)cc3)cc2)N=[N+]=[N-])cc1. The molecule has 0 aliphatic carbocycles. The van der Waals surface area contributed by atoms with Gasteiger partial charge in [0, 0.05) is 42.5 Å². The number of rotatable bonds is 14. The first kappa shape index (κ1) is 32.3. The standard InChI is InChI=1S/C26H29N7O7S2/c1-32(2)23-12-8-21(9-13-23)28-29-22-10-14-24(15-11-22)42(37,38)33(41(35)36)17-16-25(30-31-27)40-18-19-4-6-20(7-5-19)26(34)39-3/h4-15,25H,16-18H2,1-3H3,(H,35,36)/p-1. The minimum absolute atomic E-state index is 0.0475. The number of methoxy groups -OCH3 is 1. The number of benzene rings is 3. The van der Waals surface area contributed by atoms with Crippen molar-refractivity contribution in [3.05, 3.63) is 94.4 Å². The maximum Gasteiger partial charge on any atom is 0.337 e. The molecule has 0 saturated carbocycles. The van der Waals surface area contributed by atoms with Crippen molar-refractivity contribution >= 4 is 44.3 Å². The van der Waals surface area contributed by atoms with Gasteiger partial charge in [-0.3, -0.25) is 4.21 Å². The van der Waals surface area contributed by atoms with Gasteiger partial charge in [-0.2, -0.15) is 10.2 Å². The smallest absolute Gasteiger partial charge is 0.337 e. The van der Waals surface area contributed by atoms with E-state index in [1.54, 1.807) is 24.3 Å². The van der Waals surface area contributed by atoms with Gasteiger partial charge in [0.15, 0.2) is 0 Å². The Morgan fingerprint density at radius 3 is 2.07 bits per heavy atom. The van der Waals surface area contributed by atoms with E-state index in [0.29, 0.717) is 22.5 Å². The number of esters is 1. The molecule has 0 N–H and O–H groups in total. The predicted octanol–water partition coefficient (Wildman–Crippen LogP) is 4.98. The van der Waals surface area contributed by atoms with Crippen LogP contribution in [-0.2, 0) is 37.4 Å². The Morgan fingerprint density at radius 2 is 1.57 bits per heavy atom. The molecule has 0 aliphatic heterocycles. The van der Waals surface area contributed by atoms with Gasteiger partial charge in [0.25, 0.3) is 10.0 Å². The second-order valence-corrected chi connectivity index (χ2v) is 11.8. The van der Waals surface area contributed by atoms with E-state index in [1.807, 2.05) is 31.1 Å². The van der Waals surface area contributed by atoms with Crippen LogP contribution in [0.3, 0.4) is 0 Å². The Hall–Kier alpha value is -4.18. The zero-order valence-electron chi connectivity index (χ0n) is 22.9. The molecule has 0 aromatic heterocycles. The molecule has 16 heteroatoms. The molecule has 42 heavy (non-hydrogen) atoms. The van der Waals surface area contributed by atoms with Gasteiger partial charge in [-0.1, -0.05) is 17.2 Å². The monoisotopic (exact) mass is 614 g/mol.